The van der Waals surface area contributed by atoms with Crippen LogP contribution in [0.5, 0.6) is 11.5 Å². The van der Waals surface area contributed by atoms with Crippen molar-refractivity contribution in [2.24, 2.45) is 0 Å². The van der Waals surface area contributed by atoms with Gasteiger partial charge in [-0.15, -0.1) is 0 Å². The molecule has 0 fully saturated rings. The Morgan fingerprint density at radius 2 is 1.92 bits per heavy atom. The normalized spacial score (nSPS) is 11.5. The lowest BCUT2D eigenvalue weighted by atomic mass is 10.2. The van der Waals surface area contributed by atoms with Gasteiger partial charge < -0.3 is 14.8 Å². The fraction of sp³-hybridized carbons (Fsp3) is 0.235. The van der Waals surface area contributed by atoms with Gasteiger partial charge in [0.05, 0.1) is 18.1 Å². The predicted octanol–water partition coefficient (Wildman–Crippen LogP) is 3.97. The average Bonchev–Trinajstić information content (AvgIpc) is 2.58. The Hall–Kier alpha value is -2.80. The van der Waals surface area contributed by atoms with E-state index >= 15 is 0 Å². The molecule has 25 heavy (non-hydrogen) atoms. The highest BCUT2D eigenvalue weighted by atomic mass is 35.5. The molecule has 0 aliphatic rings. The third-order valence-corrected chi connectivity index (χ3v) is 3.90. The van der Waals surface area contributed by atoms with Gasteiger partial charge in [0.15, 0.2) is 6.10 Å². The number of hydrogen-bond donors (Lipinski definition) is 1. The second kappa shape index (κ2) is 7.85. The van der Waals surface area contributed by atoms with Gasteiger partial charge in [-0.25, -0.2) is 0 Å². The molecule has 0 aromatic heterocycles. The number of methoxy groups -OCH3 is 1. The first-order chi connectivity index (χ1) is 11.8. The largest absolute Gasteiger partial charge is 0.496 e. The van der Waals surface area contributed by atoms with Gasteiger partial charge in [0, 0.05) is 5.02 Å². The van der Waals surface area contributed by atoms with E-state index in [1.54, 1.807) is 25.1 Å². The Morgan fingerprint density at radius 1 is 1.24 bits per heavy atom. The summed E-state index contributed by atoms with van der Waals surface area (Å²) in [5.74, 6) is 0.292. The van der Waals surface area contributed by atoms with E-state index in [-0.39, 0.29) is 11.4 Å². The summed E-state index contributed by atoms with van der Waals surface area (Å²) in [5, 5.41) is 14.3. The minimum absolute atomic E-state index is 0.0681. The highest BCUT2D eigenvalue weighted by Gasteiger charge is 2.21. The number of carbonyl (C=O) groups excluding carboxylic acids is 1. The summed E-state index contributed by atoms with van der Waals surface area (Å²) < 4.78 is 10.5. The first-order valence-corrected chi connectivity index (χ1v) is 7.75. The number of nitrogens with zero attached hydrogens (tertiary/aromatic N) is 1. The molecule has 8 heteroatoms. The van der Waals surface area contributed by atoms with Crippen LogP contribution in [0.1, 0.15) is 12.5 Å². The predicted molar refractivity (Wildman–Crippen MR) is 94.6 cm³/mol. The third kappa shape index (κ3) is 4.60. The summed E-state index contributed by atoms with van der Waals surface area (Å²) in [6, 6.07) is 9.20. The maximum atomic E-state index is 12.3. The van der Waals surface area contributed by atoms with Crippen molar-refractivity contribution in [3.63, 3.8) is 0 Å². The molecule has 1 atom stereocenters. The van der Waals surface area contributed by atoms with Crippen molar-refractivity contribution in [2.45, 2.75) is 20.0 Å². The zero-order valence-corrected chi connectivity index (χ0v) is 14.7. The maximum absolute atomic E-state index is 12.3. The molecule has 2 aromatic rings. The van der Waals surface area contributed by atoms with Gasteiger partial charge in [0.25, 0.3) is 11.6 Å². The van der Waals surface area contributed by atoms with Crippen LogP contribution < -0.4 is 14.8 Å². The highest BCUT2D eigenvalue weighted by Crippen LogP contribution is 2.29. The number of ether oxygens (including phenoxy) is 2. The molecular weight excluding hydrogens is 348 g/mol. The molecule has 2 rings (SSSR count). The molecule has 1 N–H and O–H groups in total. The topological polar surface area (TPSA) is 90.7 Å². The number of halogens is 1. The van der Waals surface area contributed by atoms with Crippen molar-refractivity contribution in [3.05, 3.63) is 57.1 Å². The first-order valence-electron chi connectivity index (χ1n) is 7.38. The zero-order chi connectivity index (χ0) is 18.6. The van der Waals surface area contributed by atoms with Gasteiger partial charge in [-0.05, 0) is 49.7 Å². The Morgan fingerprint density at radius 3 is 2.52 bits per heavy atom. The van der Waals surface area contributed by atoms with Crippen LogP contribution >= 0.6 is 11.6 Å². The number of nitro groups is 1. The van der Waals surface area contributed by atoms with E-state index in [0.29, 0.717) is 16.5 Å². The number of carbonyl (C=O) groups is 1. The van der Waals surface area contributed by atoms with Gasteiger partial charge >= 0.3 is 0 Å². The summed E-state index contributed by atoms with van der Waals surface area (Å²) in [6.07, 6.45) is -0.859. The lowest BCUT2D eigenvalue weighted by Gasteiger charge is -2.15. The molecule has 0 radical (unpaired) electrons. The quantitative estimate of drug-likeness (QED) is 0.618. The second-order valence-corrected chi connectivity index (χ2v) is 5.71. The maximum Gasteiger partial charge on any atom is 0.296 e. The van der Waals surface area contributed by atoms with E-state index in [4.69, 9.17) is 21.1 Å². The number of hydrogen-bond acceptors (Lipinski definition) is 5. The smallest absolute Gasteiger partial charge is 0.296 e. The number of rotatable bonds is 6. The SMILES string of the molecule is COc1ccc(NC(=O)[C@@H](C)Oc2ccc(Cl)c(C)c2)c([N+](=O)[O-])c1. The van der Waals surface area contributed by atoms with E-state index in [9.17, 15) is 14.9 Å². The van der Waals surface area contributed by atoms with Crippen LogP contribution in [-0.2, 0) is 4.79 Å². The number of anilines is 1. The van der Waals surface area contributed by atoms with Gasteiger partial charge in [0.2, 0.25) is 0 Å². The van der Waals surface area contributed by atoms with Crippen LogP contribution in [-0.4, -0.2) is 24.0 Å². The van der Waals surface area contributed by atoms with Crippen LogP contribution in [0.2, 0.25) is 5.02 Å². The number of nitro benzene ring substituents is 1. The highest BCUT2D eigenvalue weighted by molar-refractivity contribution is 6.31. The molecule has 0 unspecified atom stereocenters. The molecule has 0 saturated carbocycles. The molecular formula is C17H17ClN2O5. The Balaban J connectivity index is 2.13. The van der Waals surface area contributed by atoms with Crippen molar-refractivity contribution in [2.75, 3.05) is 12.4 Å². The monoisotopic (exact) mass is 364 g/mol. The molecule has 1 amide bonds. The number of aryl methyl sites for hydroxylation is 1. The minimum Gasteiger partial charge on any atom is -0.496 e. The van der Waals surface area contributed by atoms with Crippen molar-refractivity contribution in [1.82, 2.24) is 0 Å². The summed E-state index contributed by atoms with van der Waals surface area (Å²) >= 11 is 5.95. The number of benzene rings is 2. The van der Waals surface area contributed by atoms with Crippen molar-refractivity contribution in [3.8, 4) is 11.5 Å². The minimum atomic E-state index is -0.859. The first kappa shape index (κ1) is 18.5. The van der Waals surface area contributed by atoms with Gasteiger partial charge in [0.1, 0.15) is 17.2 Å². The molecule has 132 valence electrons. The van der Waals surface area contributed by atoms with Crippen LogP contribution in [0.4, 0.5) is 11.4 Å². The second-order valence-electron chi connectivity index (χ2n) is 5.30. The number of nitrogens with one attached hydrogen (secondary N) is 1. The van der Waals surface area contributed by atoms with E-state index in [2.05, 4.69) is 5.32 Å². The van der Waals surface area contributed by atoms with Gasteiger partial charge in [-0.1, -0.05) is 11.6 Å². The summed E-state index contributed by atoms with van der Waals surface area (Å²) in [4.78, 5) is 22.8. The summed E-state index contributed by atoms with van der Waals surface area (Å²) in [6.45, 7) is 3.37. The van der Waals surface area contributed by atoms with E-state index in [0.717, 1.165) is 5.56 Å². The lowest BCUT2D eigenvalue weighted by Crippen LogP contribution is -2.30. The molecule has 0 heterocycles. The molecule has 2 aromatic carbocycles. The lowest BCUT2D eigenvalue weighted by molar-refractivity contribution is -0.384. The molecule has 0 aliphatic carbocycles. The molecule has 0 bridgehead atoms. The summed E-state index contributed by atoms with van der Waals surface area (Å²) in [5.41, 5.74) is 0.623. The summed E-state index contributed by atoms with van der Waals surface area (Å²) in [7, 11) is 1.40. The van der Waals surface area contributed by atoms with Gasteiger partial charge in [-0.3, -0.25) is 14.9 Å². The fourth-order valence-corrected chi connectivity index (χ4v) is 2.20. The van der Waals surface area contributed by atoms with Crippen LogP contribution in [0.3, 0.4) is 0 Å². The Labute approximate surface area is 149 Å². The van der Waals surface area contributed by atoms with E-state index in [1.165, 1.54) is 25.3 Å². The molecule has 0 saturated heterocycles. The Kier molecular flexibility index (Phi) is 5.82. The van der Waals surface area contributed by atoms with Crippen molar-refractivity contribution in [1.29, 1.82) is 0 Å². The van der Waals surface area contributed by atoms with Crippen LogP contribution in [0.15, 0.2) is 36.4 Å². The van der Waals surface area contributed by atoms with E-state index in [1.807, 2.05) is 6.92 Å². The van der Waals surface area contributed by atoms with Crippen molar-refractivity contribution < 1.29 is 19.2 Å². The molecule has 7 nitrogen and oxygen atoms in total. The zero-order valence-electron chi connectivity index (χ0n) is 13.9. The van der Waals surface area contributed by atoms with E-state index < -0.39 is 16.9 Å². The fourth-order valence-electron chi connectivity index (χ4n) is 2.08. The van der Waals surface area contributed by atoms with Crippen LogP contribution in [0.25, 0.3) is 0 Å². The molecule has 0 spiro atoms. The average molecular weight is 365 g/mol. The Bertz CT molecular complexity index is 810. The standard InChI is InChI=1S/C17H17ClN2O5/c1-10-8-13(4-6-14(10)18)25-11(2)17(21)19-15-7-5-12(24-3)9-16(15)20(22)23/h4-9,11H,1-3H3,(H,19,21)/t11-/m1/s1. The molecule has 0 aliphatic heterocycles. The van der Waals surface area contributed by atoms with Crippen LogP contribution in [0, 0.1) is 17.0 Å². The van der Waals surface area contributed by atoms with Gasteiger partial charge in [-0.2, -0.15) is 0 Å². The number of amides is 1. The third-order valence-electron chi connectivity index (χ3n) is 3.47. The van der Waals surface area contributed by atoms with Crippen molar-refractivity contribution >= 4 is 28.9 Å².